The average Bonchev–Trinajstić information content (AvgIpc) is 2.49. The second-order valence-corrected chi connectivity index (χ2v) is 5.02. The molecular weight excluding hydrogens is 288 g/mol. The summed E-state index contributed by atoms with van der Waals surface area (Å²) < 4.78 is 28.4. The van der Waals surface area contributed by atoms with Crippen LogP contribution in [0.25, 0.3) is 0 Å². The largest absolute Gasteiger partial charge is 0.435 e. The Labute approximate surface area is 127 Å². The highest BCUT2D eigenvalue weighted by atomic mass is 19.3. The van der Waals surface area contributed by atoms with Crippen LogP contribution < -0.4 is 10.1 Å². The molecule has 0 aliphatic rings. The Morgan fingerprint density at radius 3 is 2.18 bits per heavy atom. The number of nitrogens with one attached hydrogen (secondary N) is 1. The van der Waals surface area contributed by atoms with Crippen LogP contribution in [-0.2, 0) is 4.79 Å². The molecule has 0 radical (unpaired) electrons. The number of hydrogen-bond acceptors (Lipinski definition) is 2. The molecule has 2 aromatic carbocycles. The van der Waals surface area contributed by atoms with E-state index >= 15 is 0 Å². The van der Waals surface area contributed by atoms with Crippen LogP contribution in [0, 0.1) is 6.92 Å². The number of carbonyl (C=O) groups is 1. The first-order valence-electron chi connectivity index (χ1n) is 6.88. The zero-order valence-corrected chi connectivity index (χ0v) is 12.3. The summed E-state index contributed by atoms with van der Waals surface area (Å²) in [6.45, 7) is 0.938. The summed E-state index contributed by atoms with van der Waals surface area (Å²) in [4.78, 5) is 12.2. The van der Waals surface area contributed by atoms with Crippen LogP contribution in [0.15, 0.2) is 48.5 Å². The zero-order chi connectivity index (χ0) is 16.1. The third kappa shape index (κ3) is 4.28. The Morgan fingerprint density at radius 2 is 1.64 bits per heavy atom. The van der Waals surface area contributed by atoms with Gasteiger partial charge in [-0.05, 0) is 43.7 Å². The minimum Gasteiger partial charge on any atom is -0.435 e. The van der Waals surface area contributed by atoms with E-state index in [1.807, 2.05) is 38.1 Å². The standard InChI is InChI=1S/C17H17F2NO2/c1-11-3-5-13(6-4-11)12(2)16(21)20-14-7-9-15(10-8-14)22-17(18)19/h3-10,12,17H,1-2H3,(H,20,21). The molecule has 0 bridgehead atoms. The smallest absolute Gasteiger partial charge is 0.387 e. The van der Waals surface area contributed by atoms with Crippen LogP contribution >= 0.6 is 0 Å². The molecule has 0 aliphatic heterocycles. The third-order valence-corrected chi connectivity index (χ3v) is 3.32. The lowest BCUT2D eigenvalue weighted by molar-refractivity contribution is -0.117. The number of hydrogen-bond donors (Lipinski definition) is 1. The molecule has 1 atom stereocenters. The van der Waals surface area contributed by atoms with Gasteiger partial charge in [0.2, 0.25) is 5.91 Å². The summed E-state index contributed by atoms with van der Waals surface area (Å²) in [7, 11) is 0. The van der Waals surface area contributed by atoms with Crippen molar-refractivity contribution < 1.29 is 18.3 Å². The minimum absolute atomic E-state index is 0.0552. The van der Waals surface area contributed by atoms with Gasteiger partial charge < -0.3 is 10.1 Å². The maximum atomic E-state index is 12.2. The summed E-state index contributed by atoms with van der Waals surface area (Å²) in [5, 5.41) is 2.75. The van der Waals surface area contributed by atoms with E-state index in [0.717, 1.165) is 11.1 Å². The van der Waals surface area contributed by atoms with Gasteiger partial charge in [-0.15, -0.1) is 0 Å². The number of amides is 1. The first-order chi connectivity index (χ1) is 10.5. The number of carbonyl (C=O) groups excluding carboxylic acids is 1. The maximum Gasteiger partial charge on any atom is 0.387 e. The first-order valence-corrected chi connectivity index (χ1v) is 6.88. The summed E-state index contributed by atoms with van der Waals surface area (Å²) in [5.41, 5.74) is 2.58. The van der Waals surface area contributed by atoms with E-state index < -0.39 is 6.61 Å². The van der Waals surface area contributed by atoms with Gasteiger partial charge >= 0.3 is 6.61 Å². The lowest BCUT2D eigenvalue weighted by Crippen LogP contribution is -2.18. The van der Waals surface area contributed by atoms with Gasteiger partial charge in [0, 0.05) is 5.69 Å². The van der Waals surface area contributed by atoms with Crippen molar-refractivity contribution in [3.05, 3.63) is 59.7 Å². The first kappa shape index (κ1) is 15.9. The number of ether oxygens (including phenoxy) is 1. The highest BCUT2D eigenvalue weighted by Crippen LogP contribution is 2.21. The Morgan fingerprint density at radius 1 is 1.05 bits per heavy atom. The van der Waals surface area contributed by atoms with Gasteiger partial charge in [-0.2, -0.15) is 8.78 Å². The SMILES string of the molecule is Cc1ccc(C(C)C(=O)Nc2ccc(OC(F)F)cc2)cc1. The summed E-state index contributed by atoms with van der Waals surface area (Å²) in [6.07, 6.45) is 0. The van der Waals surface area contributed by atoms with Gasteiger partial charge in [0.05, 0.1) is 5.92 Å². The number of halogens is 2. The number of rotatable bonds is 5. The van der Waals surface area contributed by atoms with Crippen molar-refractivity contribution in [2.24, 2.45) is 0 Å². The zero-order valence-electron chi connectivity index (χ0n) is 12.3. The molecule has 1 unspecified atom stereocenters. The molecule has 0 spiro atoms. The van der Waals surface area contributed by atoms with E-state index in [2.05, 4.69) is 10.1 Å². The molecule has 0 saturated carbocycles. The molecule has 0 heterocycles. The van der Waals surface area contributed by atoms with E-state index in [1.54, 1.807) is 0 Å². The van der Waals surface area contributed by atoms with E-state index in [0.29, 0.717) is 5.69 Å². The molecule has 1 N–H and O–H groups in total. The maximum absolute atomic E-state index is 12.2. The van der Waals surface area contributed by atoms with Gasteiger partial charge in [0.1, 0.15) is 5.75 Å². The predicted molar refractivity (Wildman–Crippen MR) is 81.3 cm³/mol. The molecule has 2 aromatic rings. The van der Waals surface area contributed by atoms with Crippen molar-refractivity contribution in [3.8, 4) is 5.75 Å². The van der Waals surface area contributed by atoms with Crippen molar-refractivity contribution in [2.45, 2.75) is 26.4 Å². The molecule has 0 aromatic heterocycles. The molecule has 2 rings (SSSR count). The minimum atomic E-state index is -2.86. The number of benzene rings is 2. The molecule has 5 heteroatoms. The van der Waals surface area contributed by atoms with Gasteiger partial charge in [-0.3, -0.25) is 4.79 Å². The normalized spacial score (nSPS) is 12.0. The highest BCUT2D eigenvalue weighted by molar-refractivity contribution is 5.95. The molecule has 22 heavy (non-hydrogen) atoms. The highest BCUT2D eigenvalue weighted by Gasteiger charge is 2.15. The topological polar surface area (TPSA) is 38.3 Å². The lowest BCUT2D eigenvalue weighted by Gasteiger charge is -2.13. The number of aryl methyl sites for hydroxylation is 1. The molecule has 1 amide bonds. The summed E-state index contributed by atoms with van der Waals surface area (Å²) in [6, 6.07) is 13.6. The quantitative estimate of drug-likeness (QED) is 0.892. The second kappa shape index (κ2) is 7.02. The molecule has 3 nitrogen and oxygen atoms in total. The van der Waals surface area contributed by atoms with E-state index in [9.17, 15) is 13.6 Å². The van der Waals surface area contributed by atoms with Gasteiger partial charge in [0.15, 0.2) is 0 Å². The monoisotopic (exact) mass is 305 g/mol. The lowest BCUT2D eigenvalue weighted by atomic mass is 9.99. The molecule has 116 valence electrons. The number of alkyl halides is 2. The van der Waals surface area contributed by atoms with E-state index in [1.165, 1.54) is 24.3 Å². The fraction of sp³-hybridized carbons (Fsp3) is 0.235. The molecule has 0 fully saturated rings. The summed E-state index contributed by atoms with van der Waals surface area (Å²) in [5.74, 6) is -0.413. The Bertz CT molecular complexity index is 624. The van der Waals surface area contributed by atoms with Crippen LogP contribution in [0.3, 0.4) is 0 Å². The molecule has 0 saturated heterocycles. The van der Waals surface area contributed by atoms with E-state index in [4.69, 9.17) is 0 Å². The Kier molecular flexibility index (Phi) is 5.09. The van der Waals surface area contributed by atoms with Crippen molar-refractivity contribution in [1.29, 1.82) is 0 Å². The van der Waals surface area contributed by atoms with Gasteiger partial charge in [-0.1, -0.05) is 29.8 Å². The van der Waals surface area contributed by atoms with E-state index in [-0.39, 0.29) is 17.6 Å². The Hall–Kier alpha value is -2.43. The van der Waals surface area contributed by atoms with Crippen LogP contribution in [-0.4, -0.2) is 12.5 Å². The van der Waals surface area contributed by atoms with Crippen LogP contribution in [0.1, 0.15) is 24.0 Å². The Balaban J connectivity index is 2.00. The van der Waals surface area contributed by atoms with Gasteiger partial charge in [-0.25, -0.2) is 0 Å². The van der Waals surface area contributed by atoms with Crippen LogP contribution in [0.5, 0.6) is 5.75 Å². The van der Waals surface area contributed by atoms with Crippen molar-refractivity contribution in [3.63, 3.8) is 0 Å². The fourth-order valence-corrected chi connectivity index (χ4v) is 1.98. The fourth-order valence-electron chi connectivity index (χ4n) is 1.98. The number of anilines is 1. The molecular formula is C17H17F2NO2. The molecule has 0 aliphatic carbocycles. The third-order valence-electron chi connectivity index (χ3n) is 3.32. The average molecular weight is 305 g/mol. The second-order valence-electron chi connectivity index (χ2n) is 5.02. The van der Waals surface area contributed by atoms with Crippen molar-refractivity contribution in [2.75, 3.05) is 5.32 Å². The van der Waals surface area contributed by atoms with Crippen LogP contribution in [0.4, 0.5) is 14.5 Å². The van der Waals surface area contributed by atoms with Crippen molar-refractivity contribution >= 4 is 11.6 Å². The van der Waals surface area contributed by atoms with Crippen molar-refractivity contribution in [1.82, 2.24) is 0 Å². The van der Waals surface area contributed by atoms with Crippen LogP contribution in [0.2, 0.25) is 0 Å². The summed E-state index contributed by atoms with van der Waals surface area (Å²) >= 11 is 0. The predicted octanol–water partition coefficient (Wildman–Crippen LogP) is 4.34. The van der Waals surface area contributed by atoms with Gasteiger partial charge in [0.25, 0.3) is 0 Å².